The normalized spacial score (nSPS) is 17.0. The molecule has 2 heterocycles. The highest BCUT2D eigenvalue weighted by molar-refractivity contribution is 5.94. The smallest absolute Gasteiger partial charge is 0.253 e. The average molecular weight is 393 g/mol. The Morgan fingerprint density at radius 1 is 1.07 bits per heavy atom. The van der Waals surface area contributed by atoms with Gasteiger partial charge in [-0.1, -0.05) is 6.07 Å². The fraction of sp³-hybridized carbons (Fsp3) is 0.435. The summed E-state index contributed by atoms with van der Waals surface area (Å²) in [7, 11) is 0. The van der Waals surface area contributed by atoms with Gasteiger partial charge in [-0.05, 0) is 67.5 Å². The van der Waals surface area contributed by atoms with E-state index < -0.39 is 0 Å². The van der Waals surface area contributed by atoms with Crippen LogP contribution in [-0.4, -0.2) is 41.4 Å². The van der Waals surface area contributed by atoms with Gasteiger partial charge in [0.05, 0.1) is 6.61 Å². The molecule has 0 unspecified atom stereocenters. The van der Waals surface area contributed by atoms with E-state index in [-0.39, 0.29) is 17.7 Å². The molecule has 152 valence electrons. The molecule has 0 atom stereocenters. The minimum Gasteiger partial charge on any atom is -0.493 e. The van der Waals surface area contributed by atoms with Crippen molar-refractivity contribution in [3.8, 4) is 5.75 Å². The third-order valence-corrected chi connectivity index (χ3v) is 5.63. The van der Waals surface area contributed by atoms with Crippen LogP contribution >= 0.6 is 0 Å². The first kappa shape index (κ1) is 19.4. The lowest BCUT2D eigenvalue weighted by molar-refractivity contribution is -0.126. The Morgan fingerprint density at radius 2 is 1.83 bits per heavy atom. The summed E-state index contributed by atoms with van der Waals surface area (Å²) in [6, 6.07) is 11.2. The van der Waals surface area contributed by atoms with Crippen LogP contribution in [0.5, 0.6) is 5.75 Å². The molecule has 1 aromatic heterocycles. The van der Waals surface area contributed by atoms with E-state index in [1.54, 1.807) is 12.4 Å². The minimum atomic E-state index is -0.0473. The molecular weight excluding hydrogens is 366 g/mol. The van der Waals surface area contributed by atoms with Crippen molar-refractivity contribution in [2.24, 2.45) is 11.8 Å². The van der Waals surface area contributed by atoms with Gasteiger partial charge in [-0.2, -0.15) is 0 Å². The number of carbonyl (C=O) groups excluding carboxylic acids is 2. The maximum Gasteiger partial charge on any atom is 0.253 e. The standard InChI is InChI=1S/C23H27N3O3/c27-22(25-15-18-2-1-11-24-14-18)19-9-12-26(13-10-19)23(28)20-5-7-21(8-6-20)29-16-17-3-4-17/h1-2,5-8,11,14,17,19H,3-4,9-10,12-13,15-16H2,(H,25,27). The molecule has 0 spiro atoms. The number of nitrogens with one attached hydrogen (secondary N) is 1. The predicted octanol–water partition coefficient (Wildman–Crippen LogP) is 3.04. The van der Waals surface area contributed by atoms with Gasteiger partial charge in [0.1, 0.15) is 5.75 Å². The second kappa shape index (κ2) is 9.07. The van der Waals surface area contributed by atoms with Gasteiger partial charge in [0.15, 0.2) is 0 Å². The lowest BCUT2D eigenvalue weighted by atomic mass is 9.95. The van der Waals surface area contributed by atoms with E-state index in [0.29, 0.717) is 44.0 Å². The first-order valence-corrected chi connectivity index (χ1v) is 10.4. The molecule has 0 radical (unpaired) electrons. The van der Waals surface area contributed by atoms with E-state index >= 15 is 0 Å². The number of ether oxygens (including phenoxy) is 1. The summed E-state index contributed by atoms with van der Waals surface area (Å²) in [6.07, 6.45) is 7.36. The summed E-state index contributed by atoms with van der Waals surface area (Å²) in [4.78, 5) is 31.1. The Kier molecular flexibility index (Phi) is 6.08. The molecule has 0 bridgehead atoms. The molecule has 6 nitrogen and oxygen atoms in total. The number of carbonyl (C=O) groups is 2. The molecule has 6 heteroatoms. The highest BCUT2D eigenvalue weighted by Crippen LogP contribution is 2.29. The van der Waals surface area contributed by atoms with Crippen LogP contribution in [0.15, 0.2) is 48.8 Å². The quantitative estimate of drug-likeness (QED) is 0.785. The van der Waals surface area contributed by atoms with Gasteiger partial charge in [-0.25, -0.2) is 0 Å². The fourth-order valence-electron chi connectivity index (χ4n) is 3.56. The summed E-state index contributed by atoms with van der Waals surface area (Å²) < 4.78 is 5.73. The first-order valence-electron chi connectivity index (χ1n) is 10.4. The average Bonchev–Trinajstić information content (AvgIpc) is 3.61. The molecule has 4 rings (SSSR count). The Bertz CT molecular complexity index is 826. The van der Waals surface area contributed by atoms with Gasteiger partial charge in [0.25, 0.3) is 5.91 Å². The van der Waals surface area contributed by atoms with Crippen molar-refractivity contribution in [2.75, 3.05) is 19.7 Å². The maximum absolute atomic E-state index is 12.8. The zero-order chi connectivity index (χ0) is 20.1. The molecule has 1 saturated heterocycles. The second-order valence-corrected chi connectivity index (χ2v) is 7.92. The highest BCUT2D eigenvalue weighted by Gasteiger charge is 2.28. The predicted molar refractivity (Wildman–Crippen MR) is 109 cm³/mol. The van der Waals surface area contributed by atoms with Crippen LogP contribution in [0.3, 0.4) is 0 Å². The minimum absolute atomic E-state index is 0.0213. The number of hydrogen-bond donors (Lipinski definition) is 1. The van der Waals surface area contributed by atoms with Gasteiger partial charge >= 0.3 is 0 Å². The molecule has 2 aromatic rings. The third-order valence-electron chi connectivity index (χ3n) is 5.63. The summed E-state index contributed by atoms with van der Waals surface area (Å²) in [5, 5.41) is 2.98. The number of likely N-dealkylation sites (tertiary alicyclic amines) is 1. The molecule has 2 aliphatic rings. The van der Waals surface area contributed by atoms with Crippen LogP contribution in [0.4, 0.5) is 0 Å². The molecule has 1 aromatic carbocycles. The number of nitrogens with zero attached hydrogens (tertiary/aromatic N) is 2. The SMILES string of the molecule is O=C(NCc1cccnc1)C1CCN(C(=O)c2ccc(OCC3CC3)cc2)CC1. The molecular formula is C23H27N3O3. The van der Waals surface area contributed by atoms with Crippen molar-refractivity contribution >= 4 is 11.8 Å². The summed E-state index contributed by atoms with van der Waals surface area (Å²) in [5.41, 5.74) is 1.65. The Morgan fingerprint density at radius 3 is 2.48 bits per heavy atom. The number of hydrogen-bond acceptors (Lipinski definition) is 4. The molecule has 1 aliphatic heterocycles. The fourth-order valence-corrected chi connectivity index (χ4v) is 3.56. The first-order chi connectivity index (χ1) is 14.2. The van der Waals surface area contributed by atoms with Crippen LogP contribution in [-0.2, 0) is 11.3 Å². The van der Waals surface area contributed by atoms with Crippen molar-refractivity contribution in [2.45, 2.75) is 32.2 Å². The molecule has 1 saturated carbocycles. The molecule has 2 fully saturated rings. The van der Waals surface area contributed by atoms with Crippen LogP contribution < -0.4 is 10.1 Å². The van der Waals surface area contributed by atoms with E-state index in [1.807, 2.05) is 41.3 Å². The summed E-state index contributed by atoms with van der Waals surface area (Å²) in [5.74, 6) is 1.55. The largest absolute Gasteiger partial charge is 0.493 e. The number of rotatable bonds is 7. The maximum atomic E-state index is 12.8. The van der Waals surface area contributed by atoms with Crippen LogP contribution in [0, 0.1) is 11.8 Å². The highest BCUT2D eigenvalue weighted by atomic mass is 16.5. The molecule has 2 amide bonds. The van der Waals surface area contributed by atoms with Gasteiger partial charge in [-0.3, -0.25) is 14.6 Å². The lowest BCUT2D eigenvalue weighted by Crippen LogP contribution is -2.42. The Balaban J connectivity index is 1.23. The summed E-state index contributed by atoms with van der Waals surface area (Å²) in [6.45, 7) is 2.46. The van der Waals surface area contributed by atoms with E-state index in [0.717, 1.165) is 17.9 Å². The number of piperidine rings is 1. The monoisotopic (exact) mass is 393 g/mol. The van der Waals surface area contributed by atoms with Crippen LogP contribution in [0.1, 0.15) is 41.6 Å². The number of benzene rings is 1. The molecule has 1 N–H and O–H groups in total. The van der Waals surface area contributed by atoms with Gasteiger partial charge < -0.3 is 15.0 Å². The van der Waals surface area contributed by atoms with E-state index in [9.17, 15) is 9.59 Å². The van der Waals surface area contributed by atoms with Crippen molar-refractivity contribution in [1.82, 2.24) is 15.2 Å². The number of amides is 2. The molecule has 1 aliphatic carbocycles. The van der Waals surface area contributed by atoms with Crippen LogP contribution in [0.2, 0.25) is 0 Å². The topological polar surface area (TPSA) is 71.5 Å². The number of pyridine rings is 1. The van der Waals surface area contributed by atoms with Crippen molar-refractivity contribution in [3.05, 3.63) is 59.9 Å². The number of aromatic nitrogens is 1. The third kappa shape index (κ3) is 5.34. The van der Waals surface area contributed by atoms with E-state index in [2.05, 4.69) is 10.3 Å². The zero-order valence-corrected chi connectivity index (χ0v) is 16.5. The van der Waals surface area contributed by atoms with Gasteiger partial charge in [0, 0.05) is 43.5 Å². The Labute approximate surface area is 171 Å². The van der Waals surface area contributed by atoms with Crippen LogP contribution in [0.25, 0.3) is 0 Å². The second-order valence-electron chi connectivity index (χ2n) is 7.92. The van der Waals surface area contributed by atoms with Crippen molar-refractivity contribution in [1.29, 1.82) is 0 Å². The zero-order valence-electron chi connectivity index (χ0n) is 16.5. The van der Waals surface area contributed by atoms with E-state index in [1.165, 1.54) is 12.8 Å². The lowest BCUT2D eigenvalue weighted by Gasteiger charge is -2.31. The summed E-state index contributed by atoms with van der Waals surface area (Å²) >= 11 is 0. The molecule has 29 heavy (non-hydrogen) atoms. The van der Waals surface area contributed by atoms with Crippen molar-refractivity contribution in [3.63, 3.8) is 0 Å². The van der Waals surface area contributed by atoms with Gasteiger partial charge in [-0.15, -0.1) is 0 Å². The van der Waals surface area contributed by atoms with Gasteiger partial charge in [0.2, 0.25) is 5.91 Å². The van der Waals surface area contributed by atoms with Crippen molar-refractivity contribution < 1.29 is 14.3 Å². The Hall–Kier alpha value is -2.89. The van der Waals surface area contributed by atoms with E-state index in [4.69, 9.17) is 4.74 Å².